The number of amides is 1. The topological polar surface area (TPSA) is 71.5 Å². The predicted octanol–water partition coefficient (Wildman–Crippen LogP) is 4.04. The second-order valence-corrected chi connectivity index (χ2v) is 5.74. The van der Waals surface area contributed by atoms with E-state index in [-0.39, 0.29) is 17.9 Å². The SMILES string of the molecule is O=C(Nc1ccc(OCC(F)(F)C(F)(F)C(F)(F)F)cc1)c1ccc(CO)nc1. The molecule has 2 aromatic rings. The highest BCUT2D eigenvalue weighted by Crippen LogP contribution is 2.46. The lowest BCUT2D eigenvalue weighted by molar-refractivity contribution is -0.358. The number of hydrogen-bond donors (Lipinski definition) is 2. The second-order valence-electron chi connectivity index (χ2n) is 5.74. The van der Waals surface area contributed by atoms with Gasteiger partial charge in [-0.25, -0.2) is 0 Å². The molecule has 0 atom stereocenters. The molecule has 2 rings (SSSR count). The summed E-state index contributed by atoms with van der Waals surface area (Å²) >= 11 is 0. The van der Waals surface area contributed by atoms with Gasteiger partial charge in [-0.1, -0.05) is 0 Å². The zero-order chi connectivity index (χ0) is 21.9. The summed E-state index contributed by atoms with van der Waals surface area (Å²) in [6.07, 6.45) is -5.22. The highest BCUT2D eigenvalue weighted by Gasteiger charge is 2.73. The van der Waals surface area contributed by atoms with E-state index in [0.29, 0.717) is 5.69 Å². The number of rotatable bonds is 7. The summed E-state index contributed by atoms with van der Waals surface area (Å²) in [6, 6.07) is 7.16. The molecule has 0 bridgehead atoms. The molecule has 0 aliphatic rings. The molecule has 0 aliphatic heterocycles. The number of ether oxygens (including phenoxy) is 1. The smallest absolute Gasteiger partial charge is 0.460 e. The zero-order valence-corrected chi connectivity index (χ0v) is 14.3. The van der Waals surface area contributed by atoms with Gasteiger partial charge in [-0.15, -0.1) is 0 Å². The lowest BCUT2D eigenvalue weighted by Crippen LogP contribution is -2.54. The molecule has 0 saturated heterocycles. The van der Waals surface area contributed by atoms with E-state index in [2.05, 4.69) is 15.0 Å². The maximum absolute atomic E-state index is 13.2. The van der Waals surface area contributed by atoms with E-state index in [9.17, 15) is 35.5 Å². The van der Waals surface area contributed by atoms with Crippen LogP contribution in [0.25, 0.3) is 0 Å². The Bertz CT molecular complexity index is 838. The van der Waals surface area contributed by atoms with Crippen molar-refractivity contribution in [3.8, 4) is 5.75 Å². The molecule has 29 heavy (non-hydrogen) atoms. The third-order valence-corrected chi connectivity index (χ3v) is 3.60. The number of carbonyl (C=O) groups excluding carboxylic acids is 1. The van der Waals surface area contributed by atoms with Crippen LogP contribution in [0.5, 0.6) is 5.75 Å². The highest BCUT2D eigenvalue weighted by molar-refractivity contribution is 6.04. The summed E-state index contributed by atoms with van der Waals surface area (Å²) < 4.78 is 92.6. The molecule has 0 radical (unpaired) electrons. The van der Waals surface area contributed by atoms with Crippen molar-refractivity contribution in [1.29, 1.82) is 0 Å². The van der Waals surface area contributed by atoms with Gasteiger partial charge in [0.05, 0.1) is 17.9 Å². The molecule has 12 heteroatoms. The van der Waals surface area contributed by atoms with Gasteiger partial charge < -0.3 is 15.2 Å². The van der Waals surface area contributed by atoms with Crippen LogP contribution in [0.3, 0.4) is 0 Å². The number of alkyl halides is 7. The van der Waals surface area contributed by atoms with Crippen LogP contribution in [-0.2, 0) is 6.61 Å². The monoisotopic (exact) mass is 426 g/mol. The molecule has 0 fully saturated rings. The van der Waals surface area contributed by atoms with Crippen molar-refractivity contribution in [3.05, 3.63) is 53.9 Å². The van der Waals surface area contributed by atoms with E-state index < -0.39 is 36.3 Å². The van der Waals surface area contributed by atoms with Crippen LogP contribution in [0.4, 0.5) is 36.4 Å². The fourth-order valence-electron chi connectivity index (χ4n) is 1.96. The molecule has 0 unspecified atom stereocenters. The van der Waals surface area contributed by atoms with Crippen molar-refractivity contribution in [1.82, 2.24) is 4.98 Å². The molecular weight excluding hydrogens is 413 g/mol. The third kappa shape index (κ3) is 5.13. The second kappa shape index (κ2) is 8.23. The summed E-state index contributed by atoms with van der Waals surface area (Å²) in [7, 11) is 0. The van der Waals surface area contributed by atoms with Crippen LogP contribution in [0, 0.1) is 0 Å². The number of anilines is 1. The Morgan fingerprint density at radius 1 is 1.00 bits per heavy atom. The van der Waals surface area contributed by atoms with Crippen molar-refractivity contribution in [2.45, 2.75) is 24.6 Å². The van der Waals surface area contributed by atoms with Crippen molar-refractivity contribution in [2.75, 3.05) is 11.9 Å². The van der Waals surface area contributed by atoms with Crippen LogP contribution >= 0.6 is 0 Å². The van der Waals surface area contributed by atoms with Gasteiger partial charge in [-0.05, 0) is 36.4 Å². The number of halogens is 7. The van der Waals surface area contributed by atoms with Crippen molar-refractivity contribution in [2.24, 2.45) is 0 Å². The Labute approximate surface area is 159 Å². The molecular formula is C17H13F7N2O3. The van der Waals surface area contributed by atoms with Gasteiger partial charge in [-0.2, -0.15) is 30.7 Å². The molecule has 2 N–H and O–H groups in total. The standard InChI is InChI=1S/C17H13F7N2O3/c18-15(19,16(20,21)17(22,23)24)9-29-13-5-3-11(4-6-13)26-14(28)10-1-2-12(8-27)25-7-10/h1-7,27H,8-9H2,(H,26,28). The number of nitrogens with zero attached hydrogens (tertiary/aromatic N) is 1. The van der Waals surface area contributed by atoms with Crippen LogP contribution in [0.2, 0.25) is 0 Å². The van der Waals surface area contributed by atoms with Crippen molar-refractivity contribution in [3.63, 3.8) is 0 Å². The number of nitrogens with one attached hydrogen (secondary N) is 1. The molecule has 1 aromatic heterocycles. The van der Waals surface area contributed by atoms with E-state index >= 15 is 0 Å². The lowest BCUT2D eigenvalue weighted by Gasteiger charge is -2.27. The van der Waals surface area contributed by atoms with Gasteiger partial charge in [0.25, 0.3) is 5.91 Å². The summed E-state index contributed by atoms with van der Waals surface area (Å²) in [4.78, 5) is 15.8. The number of pyridine rings is 1. The number of benzene rings is 1. The molecule has 0 aliphatic carbocycles. The van der Waals surface area contributed by atoms with E-state index in [1.54, 1.807) is 0 Å². The molecule has 1 aromatic carbocycles. The number of aliphatic hydroxyl groups excluding tert-OH is 1. The van der Waals surface area contributed by atoms with Gasteiger partial charge in [-0.3, -0.25) is 9.78 Å². The van der Waals surface area contributed by atoms with Gasteiger partial charge in [0.1, 0.15) is 5.75 Å². The molecule has 1 amide bonds. The fraction of sp³-hybridized carbons (Fsp3) is 0.294. The molecule has 1 heterocycles. The van der Waals surface area contributed by atoms with Crippen LogP contribution in [0.1, 0.15) is 16.1 Å². The Hall–Kier alpha value is -2.89. The minimum absolute atomic E-state index is 0.150. The predicted molar refractivity (Wildman–Crippen MR) is 86.0 cm³/mol. The normalized spacial score (nSPS) is 12.6. The number of hydrogen-bond acceptors (Lipinski definition) is 4. The largest absolute Gasteiger partial charge is 0.487 e. The molecule has 0 spiro atoms. The van der Waals surface area contributed by atoms with Crippen molar-refractivity contribution < 1.29 is 45.4 Å². The first-order chi connectivity index (χ1) is 13.4. The maximum atomic E-state index is 13.2. The van der Waals surface area contributed by atoms with E-state index in [4.69, 9.17) is 5.11 Å². The number of carbonyl (C=O) groups is 1. The summed E-state index contributed by atoms with van der Waals surface area (Å²) in [5.41, 5.74) is 0.661. The Morgan fingerprint density at radius 2 is 1.62 bits per heavy atom. The Morgan fingerprint density at radius 3 is 2.10 bits per heavy atom. The Balaban J connectivity index is 1.98. The van der Waals surface area contributed by atoms with Crippen LogP contribution in [0.15, 0.2) is 42.6 Å². The molecule has 5 nitrogen and oxygen atoms in total. The third-order valence-electron chi connectivity index (χ3n) is 3.60. The van der Waals surface area contributed by atoms with Crippen molar-refractivity contribution >= 4 is 11.6 Å². The average Bonchev–Trinajstić information content (AvgIpc) is 2.66. The summed E-state index contributed by atoms with van der Waals surface area (Å²) in [5.74, 6) is -12.7. The zero-order valence-electron chi connectivity index (χ0n) is 14.3. The first kappa shape index (κ1) is 22.4. The minimum atomic E-state index is -6.43. The molecule has 158 valence electrons. The van der Waals surface area contributed by atoms with Crippen LogP contribution in [-0.4, -0.2) is 40.6 Å². The van der Waals surface area contributed by atoms with Gasteiger partial charge in [0.2, 0.25) is 0 Å². The maximum Gasteiger partial charge on any atom is 0.460 e. The van der Waals surface area contributed by atoms with E-state index in [1.165, 1.54) is 30.5 Å². The van der Waals surface area contributed by atoms with E-state index in [1.807, 2.05) is 0 Å². The highest BCUT2D eigenvalue weighted by atomic mass is 19.4. The lowest BCUT2D eigenvalue weighted by atomic mass is 10.2. The first-order valence-electron chi connectivity index (χ1n) is 7.80. The Kier molecular flexibility index (Phi) is 6.36. The van der Waals surface area contributed by atoms with Crippen LogP contribution < -0.4 is 10.1 Å². The van der Waals surface area contributed by atoms with Gasteiger partial charge >= 0.3 is 18.0 Å². The van der Waals surface area contributed by atoms with E-state index in [0.717, 1.165) is 12.1 Å². The minimum Gasteiger partial charge on any atom is -0.487 e. The average molecular weight is 426 g/mol. The molecule has 0 saturated carbocycles. The quantitative estimate of drug-likeness (QED) is 0.656. The van der Waals surface area contributed by atoms with Gasteiger partial charge in [0, 0.05) is 11.9 Å². The fourth-order valence-corrected chi connectivity index (χ4v) is 1.96. The summed E-state index contributed by atoms with van der Waals surface area (Å²) in [5, 5.41) is 11.3. The number of aliphatic hydroxyl groups is 1. The van der Waals surface area contributed by atoms with Gasteiger partial charge in [0.15, 0.2) is 6.61 Å². The summed E-state index contributed by atoms with van der Waals surface area (Å²) in [6.45, 7) is -2.51. The number of aromatic nitrogens is 1. The first-order valence-corrected chi connectivity index (χ1v) is 7.80.